The number of carbonyl (C=O) groups is 2. The Bertz CT molecular complexity index is 1530. The molecule has 12 heteroatoms. The molecule has 10 nitrogen and oxygen atoms in total. The average molecular weight is 658 g/mol. The lowest BCUT2D eigenvalue weighted by molar-refractivity contribution is -0.384. The summed E-state index contributed by atoms with van der Waals surface area (Å²) >= 11 is 3.46. The van der Waals surface area contributed by atoms with E-state index < -0.39 is 33.4 Å². The lowest BCUT2D eigenvalue weighted by atomic mass is 10.0. The molecule has 1 aliphatic rings. The number of nitro groups is 1. The first-order chi connectivity index (χ1) is 20.0. The van der Waals surface area contributed by atoms with Crippen molar-refractivity contribution >= 4 is 49.1 Å². The fourth-order valence-corrected chi connectivity index (χ4v) is 6.42. The highest BCUT2D eigenvalue weighted by Gasteiger charge is 2.34. The van der Waals surface area contributed by atoms with E-state index in [9.17, 15) is 28.1 Å². The van der Waals surface area contributed by atoms with Gasteiger partial charge in [-0.25, -0.2) is 8.42 Å². The summed E-state index contributed by atoms with van der Waals surface area (Å²) in [5.41, 5.74) is 1.26. The summed E-state index contributed by atoms with van der Waals surface area (Å²) in [4.78, 5) is 40.2. The molecule has 1 atom stereocenters. The maximum absolute atomic E-state index is 14.1. The van der Waals surface area contributed by atoms with Crippen LogP contribution in [0.3, 0.4) is 0 Å². The van der Waals surface area contributed by atoms with Crippen molar-refractivity contribution in [3.05, 3.63) is 105 Å². The largest absolute Gasteiger partial charge is 0.352 e. The van der Waals surface area contributed by atoms with Crippen LogP contribution in [0.15, 0.2) is 83.3 Å². The van der Waals surface area contributed by atoms with Gasteiger partial charge >= 0.3 is 0 Å². The first kappa shape index (κ1) is 31.2. The Labute approximate surface area is 254 Å². The van der Waals surface area contributed by atoms with E-state index in [4.69, 9.17) is 0 Å². The number of sulfonamides is 1. The van der Waals surface area contributed by atoms with Gasteiger partial charge in [0, 0.05) is 35.6 Å². The van der Waals surface area contributed by atoms with E-state index in [1.807, 2.05) is 54.6 Å². The van der Waals surface area contributed by atoms with Crippen LogP contribution >= 0.6 is 15.9 Å². The van der Waals surface area contributed by atoms with E-state index >= 15 is 0 Å². The van der Waals surface area contributed by atoms with E-state index in [2.05, 4.69) is 21.2 Å². The maximum Gasteiger partial charge on any atom is 0.271 e. The minimum Gasteiger partial charge on any atom is -0.352 e. The Balaban J connectivity index is 1.74. The van der Waals surface area contributed by atoms with Crippen LogP contribution < -0.4 is 9.62 Å². The highest BCUT2D eigenvalue weighted by molar-refractivity contribution is 9.10. The van der Waals surface area contributed by atoms with Gasteiger partial charge in [0.2, 0.25) is 21.8 Å². The van der Waals surface area contributed by atoms with Gasteiger partial charge in [0.15, 0.2) is 0 Å². The molecular formula is C30H33BrN4O6S. The number of nitro benzene ring substituents is 1. The van der Waals surface area contributed by atoms with E-state index in [-0.39, 0.29) is 36.3 Å². The number of halogens is 1. The lowest BCUT2D eigenvalue weighted by Crippen LogP contribution is -2.54. The first-order valence-corrected chi connectivity index (χ1v) is 16.3. The van der Waals surface area contributed by atoms with Crippen LogP contribution in [0.25, 0.3) is 0 Å². The predicted molar refractivity (Wildman–Crippen MR) is 164 cm³/mol. The molecule has 0 bridgehead atoms. The molecule has 0 aromatic heterocycles. The van der Waals surface area contributed by atoms with Crippen LogP contribution in [0.1, 0.15) is 36.8 Å². The van der Waals surface area contributed by atoms with Crippen molar-refractivity contribution in [3.8, 4) is 0 Å². The highest BCUT2D eigenvalue weighted by Crippen LogP contribution is 2.25. The van der Waals surface area contributed by atoms with Crippen molar-refractivity contribution in [1.82, 2.24) is 10.2 Å². The minimum atomic E-state index is -4.04. The molecule has 0 saturated heterocycles. The van der Waals surface area contributed by atoms with Crippen molar-refractivity contribution in [2.24, 2.45) is 0 Å². The maximum atomic E-state index is 14.1. The van der Waals surface area contributed by atoms with Gasteiger partial charge in [-0.1, -0.05) is 77.3 Å². The van der Waals surface area contributed by atoms with Gasteiger partial charge in [-0.3, -0.25) is 24.0 Å². The molecule has 1 N–H and O–H groups in total. The number of hydrogen-bond acceptors (Lipinski definition) is 6. The molecule has 3 aromatic rings. The molecule has 2 amide bonds. The number of non-ortho nitro benzene ring substituents is 1. The molecule has 4 rings (SSSR count). The third-order valence-corrected chi connectivity index (χ3v) is 8.86. The van der Waals surface area contributed by atoms with Crippen LogP contribution in [0.4, 0.5) is 11.4 Å². The van der Waals surface area contributed by atoms with Crippen LogP contribution in [0.5, 0.6) is 0 Å². The Morgan fingerprint density at radius 3 is 2.31 bits per heavy atom. The Morgan fingerprint density at radius 2 is 1.67 bits per heavy atom. The number of carbonyl (C=O) groups excluding carboxylic acids is 2. The standard InChI is InChI=1S/C30H33BrN4O6S/c1-42(40,41)34(26-15-8-16-27(19-26)35(38)39)21-29(36)33(20-23-11-7-12-24(31)17-23)28(18-22-9-3-2-4-10-22)30(37)32-25-13-5-6-14-25/h2-4,7-12,15-17,19,25,28H,5-6,13-14,18,20-21H2,1H3,(H,32,37)/t28-/m1/s1. The normalized spacial score (nSPS) is 14.2. The molecular weight excluding hydrogens is 624 g/mol. The molecule has 1 saturated carbocycles. The number of nitrogens with zero attached hydrogens (tertiary/aromatic N) is 3. The molecule has 0 aliphatic heterocycles. The molecule has 0 unspecified atom stereocenters. The summed E-state index contributed by atoms with van der Waals surface area (Å²) in [7, 11) is -4.04. The van der Waals surface area contributed by atoms with Crippen LogP contribution in [-0.4, -0.2) is 54.9 Å². The van der Waals surface area contributed by atoms with Gasteiger partial charge in [0.25, 0.3) is 5.69 Å². The fraction of sp³-hybridized carbons (Fsp3) is 0.333. The van der Waals surface area contributed by atoms with E-state index in [1.54, 1.807) is 0 Å². The van der Waals surface area contributed by atoms with E-state index in [1.165, 1.54) is 23.1 Å². The van der Waals surface area contributed by atoms with Crippen molar-refractivity contribution < 1.29 is 22.9 Å². The molecule has 42 heavy (non-hydrogen) atoms. The first-order valence-electron chi connectivity index (χ1n) is 13.6. The molecule has 0 heterocycles. The number of amides is 2. The SMILES string of the molecule is CS(=O)(=O)N(CC(=O)N(Cc1cccc(Br)c1)[C@H](Cc1ccccc1)C(=O)NC1CCCC1)c1cccc([N+](=O)[O-])c1. The van der Waals surface area contributed by atoms with E-state index in [0.717, 1.165) is 57.9 Å². The second-order valence-electron chi connectivity index (χ2n) is 10.4. The summed E-state index contributed by atoms with van der Waals surface area (Å²) in [5.74, 6) is -0.926. The van der Waals surface area contributed by atoms with Gasteiger partial charge in [-0.2, -0.15) is 0 Å². The summed E-state index contributed by atoms with van der Waals surface area (Å²) in [6.07, 6.45) is 4.90. The Morgan fingerprint density at radius 1 is 1.00 bits per heavy atom. The zero-order chi connectivity index (χ0) is 30.3. The van der Waals surface area contributed by atoms with Crippen LogP contribution in [0.2, 0.25) is 0 Å². The predicted octanol–water partition coefficient (Wildman–Crippen LogP) is 4.82. The number of nitrogens with one attached hydrogen (secondary N) is 1. The quantitative estimate of drug-likeness (QED) is 0.220. The molecule has 1 fully saturated rings. The van der Waals surface area contributed by atoms with Gasteiger partial charge < -0.3 is 10.2 Å². The number of hydrogen-bond donors (Lipinski definition) is 1. The van der Waals surface area contributed by atoms with E-state index in [0.29, 0.717) is 0 Å². The number of benzene rings is 3. The van der Waals surface area contributed by atoms with Gasteiger partial charge in [-0.15, -0.1) is 0 Å². The Hall–Kier alpha value is -3.77. The smallest absolute Gasteiger partial charge is 0.271 e. The van der Waals surface area contributed by atoms with Crippen molar-refractivity contribution in [2.75, 3.05) is 17.1 Å². The van der Waals surface area contributed by atoms with Gasteiger partial charge in [0.1, 0.15) is 12.6 Å². The molecule has 3 aromatic carbocycles. The lowest BCUT2D eigenvalue weighted by Gasteiger charge is -2.34. The van der Waals surface area contributed by atoms with Gasteiger partial charge in [0.05, 0.1) is 16.9 Å². The summed E-state index contributed by atoms with van der Waals surface area (Å²) in [5, 5.41) is 14.5. The second kappa shape index (κ2) is 13.9. The zero-order valence-corrected chi connectivity index (χ0v) is 25.6. The molecule has 0 radical (unpaired) electrons. The van der Waals surface area contributed by atoms with Crippen molar-refractivity contribution in [3.63, 3.8) is 0 Å². The third-order valence-electron chi connectivity index (χ3n) is 7.22. The third kappa shape index (κ3) is 8.39. The topological polar surface area (TPSA) is 130 Å². The number of rotatable bonds is 12. The van der Waals surface area contributed by atoms with Crippen molar-refractivity contribution in [2.45, 2.75) is 50.7 Å². The monoisotopic (exact) mass is 656 g/mol. The minimum absolute atomic E-state index is 0.0102. The van der Waals surface area contributed by atoms with Crippen molar-refractivity contribution in [1.29, 1.82) is 0 Å². The fourth-order valence-electron chi connectivity index (χ4n) is 5.13. The molecule has 222 valence electrons. The van der Waals surface area contributed by atoms with Crippen LogP contribution in [-0.2, 0) is 32.6 Å². The zero-order valence-electron chi connectivity index (χ0n) is 23.2. The number of anilines is 1. The Kier molecular flexibility index (Phi) is 10.3. The van der Waals surface area contributed by atoms with Crippen LogP contribution in [0, 0.1) is 10.1 Å². The summed E-state index contributed by atoms with van der Waals surface area (Å²) < 4.78 is 27.4. The second-order valence-corrected chi connectivity index (χ2v) is 13.2. The molecule has 1 aliphatic carbocycles. The summed E-state index contributed by atoms with van der Waals surface area (Å²) in [6.45, 7) is -0.601. The summed E-state index contributed by atoms with van der Waals surface area (Å²) in [6, 6.07) is 20.9. The average Bonchev–Trinajstić information content (AvgIpc) is 3.46. The molecule has 0 spiro atoms. The highest BCUT2D eigenvalue weighted by atomic mass is 79.9. The van der Waals surface area contributed by atoms with Gasteiger partial charge in [-0.05, 0) is 42.2 Å².